The molecule has 3 aromatic rings. The first kappa shape index (κ1) is 28.7. The summed E-state index contributed by atoms with van der Waals surface area (Å²) in [6.45, 7) is 3.71. The van der Waals surface area contributed by atoms with Crippen LogP contribution in [0.15, 0.2) is 89.8 Å². The lowest BCUT2D eigenvalue weighted by Gasteiger charge is -2.33. The van der Waals surface area contributed by atoms with Crippen LogP contribution in [-0.4, -0.2) is 57.9 Å². The maximum atomic E-state index is 13.9. The van der Waals surface area contributed by atoms with E-state index in [0.717, 1.165) is 9.87 Å². The number of nitrogens with one attached hydrogen (secondary N) is 1. The third kappa shape index (κ3) is 6.92. The largest absolute Gasteiger partial charge is 0.492 e. The van der Waals surface area contributed by atoms with Crippen molar-refractivity contribution in [2.24, 2.45) is 0 Å². The first-order valence-electron chi connectivity index (χ1n) is 12.7. The van der Waals surface area contributed by atoms with Crippen molar-refractivity contribution in [3.05, 3.63) is 90.5 Å². The number of hydrogen-bond donors (Lipinski definition) is 1. The number of rotatable bonds is 13. The molecule has 0 saturated carbocycles. The van der Waals surface area contributed by atoms with Crippen molar-refractivity contribution in [3.63, 3.8) is 0 Å². The molecule has 0 aliphatic carbocycles. The number of hydrogen-bond acceptors (Lipinski definition) is 5. The zero-order valence-corrected chi connectivity index (χ0v) is 22.9. The van der Waals surface area contributed by atoms with Gasteiger partial charge in [0.2, 0.25) is 11.8 Å². The molecule has 1 atom stereocenters. The predicted octanol–water partition coefficient (Wildman–Crippen LogP) is 3.88. The summed E-state index contributed by atoms with van der Waals surface area (Å²) in [5.41, 5.74) is 1.26. The Morgan fingerprint density at radius 2 is 1.50 bits per heavy atom. The lowest BCUT2D eigenvalue weighted by molar-refractivity contribution is -0.139. The van der Waals surface area contributed by atoms with Gasteiger partial charge in [-0.2, -0.15) is 0 Å². The number of para-hydroxylation sites is 2. The van der Waals surface area contributed by atoms with E-state index in [1.54, 1.807) is 49.4 Å². The van der Waals surface area contributed by atoms with E-state index in [2.05, 4.69) is 5.32 Å². The van der Waals surface area contributed by atoms with Crippen LogP contribution in [0.4, 0.5) is 5.69 Å². The standard InChI is InChI=1S/C29H35N3O5S/c1-4-25(29(34)30-3)31(21-20-23-14-8-6-9-15-23)28(33)22-32(26-18-12-13-19-27(26)37-5-2)38(35,36)24-16-10-7-11-17-24/h6-19,25H,4-5,20-22H2,1-3H3,(H,30,34)/t25-/m0/s1. The van der Waals surface area contributed by atoms with Gasteiger partial charge in [-0.05, 0) is 49.6 Å². The summed E-state index contributed by atoms with van der Waals surface area (Å²) >= 11 is 0. The normalized spacial score (nSPS) is 11.9. The van der Waals surface area contributed by atoms with Crippen molar-refractivity contribution in [1.29, 1.82) is 0 Å². The molecule has 0 spiro atoms. The molecule has 0 aliphatic heterocycles. The van der Waals surface area contributed by atoms with E-state index in [0.29, 0.717) is 25.2 Å². The van der Waals surface area contributed by atoms with Crippen molar-refractivity contribution in [2.75, 3.05) is 31.0 Å². The minimum atomic E-state index is -4.14. The lowest BCUT2D eigenvalue weighted by Crippen LogP contribution is -2.52. The van der Waals surface area contributed by atoms with Crippen LogP contribution >= 0.6 is 0 Å². The molecule has 202 valence electrons. The van der Waals surface area contributed by atoms with E-state index in [4.69, 9.17) is 4.74 Å². The summed E-state index contributed by atoms with van der Waals surface area (Å²) < 4.78 is 34.5. The maximum absolute atomic E-state index is 13.9. The summed E-state index contributed by atoms with van der Waals surface area (Å²) in [5, 5.41) is 2.63. The zero-order chi connectivity index (χ0) is 27.5. The Bertz CT molecular complexity index is 1300. The van der Waals surface area contributed by atoms with Gasteiger partial charge in [-0.3, -0.25) is 13.9 Å². The smallest absolute Gasteiger partial charge is 0.264 e. The Morgan fingerprint density at radius 3 is 2.11 bits per heavy atom. The van der Waals surface area contributed by atoms with E-state index in [-0.39, 0.29) is 23.0 Å². The monoisotopic (exact) mass is 537 g/mol. The molecular formula is C29H35N3O5S. The van der Waals surface area contributed by atoms with E-state index in [9.17, 15) is 18.0 Å². The second kappa shape index (κ2) is 13.6. The highest BCUT2D eigenvalue weighted by Crippen LogP contribution is 2.32. The van der Waals surface area contributed by atoms with E-state index >= 15 is 0 Å². The highest BCUT2D eigenvalue weighted by Gasteiger charge is 2.34. The fourth-order valence-electron chi connectivity index (χ4n) is 4.24. The van der Waals surface area contributed by atoms with E-state index in [1.165, 1.54) is 24.1 Å². The number of nitrogens with zero attached hydrogens (tertiary/aromatic N) is 2. The van der Waals surface area contributed by atoms with Gasteiger partial charge in [-0.1, -0.05) is 67.6 Å². The van der Waals surface area contributed by atoms with E-state index in [1.807, 2.05) is 37.3 Å². The molecule has 0 radical (unpaired) electrons. The maximum Gasteiger partial charge on any atom is 0.264 e. The first-order chi connectivity index (χ1) is 18.3. The Balaban J connectivity index is 2.04. The second-order valence-corrected chi connectivity index (χ2v) is 10.4. The van der Waals surface area contributed by atoms with Crippen molar-refractivity contribution in [1.82, 2.24) is 10.2 Å². The molecule has 38 heavy (non-hydrogen) atoms. The van der Waals surface area contributed by atoms with E-state index < -0.39 is 28.5 Å². The molecule has 3 aromatic carbocycles. The topological polar surface area (TPSA) is 96.0 Å². The van der Waals surface area contributed by atoms with Crippen molar-refractivity contribution in [3.8, 4) is 5.75 Å². The van der Waals surface area contributed by atoms with Crippen LogP contribution in [-0.2, 0) is 26.0 Å². The number of carbonyl (C=O) groups excluding carboxylic acids is 2. The third-order valence-corrected chi connectivity index (χ3v) is 7.93. The number of sulfonamides is 1. The number of benzene rings is 3. The van der Waals surface area contributed by atoms with Gasteiger partial charge in [0.1, 0.15) is 18.3 Å². The Hall–Kier alpha value is -3.85. The molecule has 0 saturated heterocycles. The predicted molar refractivity (Wildman–Crippen MR) is 149 cm³/mol. The summed E-state index contributed by atoms with van der Waals surface area (Å²) in [5.74, 6) is -0.445. The molecule has 2 amide bonds. The molecule has 8 nitrogen and oxygen atoms in total. The fourth-order valence-corrected chi connectivity index (χ4v) is 5.68. The molecule has 0 unspecified atom stereocenters. The molecule has 0 heterocycles. The van der Waals surface area contributed by atoms with Crippen molar-refractivity contribution < 1.29 is 22.7 Å². The number of carbonyl (C=O) groups is 2. The summed E-state index contributed by atoms with van der Waals surface area (Å²) in [6, 6.07) is 23.6. The second-order valence-electron chi connectivity index (χ2n) is 8.59. The van der Waals surface area contributed by atoms with Crippen LogP contribution in [0.25, 0.3) is 0 Å². The van der Waals surface area contributed by atoms with Gasteiger partial charge in [0.25, 0.3) is 10.0 Å². The van der Waals surface area contributed by atoms with Gasteiger partial charge in [-0.25, -0.2) is 8.42 Å². The van der Waals surface area contributed by atoms with Gasteiger partial charge >= 0.3 is 0 Å². The average Bonchev–Trinajstić information content (AvgIpc) is 2.95. The molecule has 1 N–H and O–H groups in total. The highest BCUT2D eigenvalue weighted by atomic mass is 32.2. The number of ether oxygens (including phenoxy) is 1. The van der Waals surface area contributed by atoms with Gasteiger partial charge < -0.3 is 15.0 Å². The van der Waals surface area contributed by atoms with Crippen LogP contribution in [0.3, 0.4) is 0 Å². The Kier molecular flexibility index (Phi) is 10.3. The minimum absolute atomic E-state index is 0.0493. The summed E-state index contributed by atoms with van der Waals surface area (Å²) in [7, 11) is -2.62. The molecule has 9 heteroatoms. The van der Waals surface area contributed by atoms with Gasteiger partial charge in [0, 0.05) is 13.6 Å². The van der Waals surface area contributed by atoms with Crippen LogP contribution in [0.1, 0.15) is 25.8 Å². The van der Waals surface area contributed by atoms with Gasteiger partial charge in [0.05, 0.1) is 17.2 Å². The minimum Gasteiger partial charge on any atom is -0.492 e. The fraction of sp³-hybridized carbons (Fsp3) is 0.310. The quantitative estimate of drug-likeness (QED) is 0.357. The molecule has 0 aliphatic rings. The summed E-state index contributed by atoms with van der Waals surface area (Å²) in [4.78, 5) is 28.2. The SMILES string of the molecule is CCOc1ccccc1N(CC(=O)N(CCc1ccccc1)[C@@H](CC)C(=O)NC)S(=O)(=O)c1ccccc1. The Morgan fingerprint density at radius 1 is 0.895 bits per heavy atom. The van der Waals surface area contributed by atoms with Crippen LogP contribution in [0.5, 0.6) is 5.75 Å². The average molecular weight is 538 g/mol. The van der Waals surface area contributed by atoms with Crippen molar-refractivity contribution in [2.45, 2.75) is 37.6 Å². The molecule has 0 bridgehead atoms. The highest BCUT2D eigenvalue weighted by molar-refractivity contribution is 7.92. The number of amides is 2. The molecular weight excluding hydrogens is 502 g/mol. The lowest BCUT2D eigenvalue weighted by atomic mass is 10.1. The van der Waals surface area contributed by atoms with Crippen LogP contribution in [0.2, 0.25) is 0 Å². The number of anilines is 1. The summed E-state index contributed by atoms with van der Waals surface area (Å²) in [6.07, 6.45) is 0.891. The van der Waals surface area contributed by atoms with Gasteiger partial charge in [0.15, 0.2) is 0 Å². The Labute approximate surface area is 225 Å². The molecule has 0 aromatic heterocycles. The zero-order valence-electron chi connectivity index (χ0n) is 22.0. The molecule has 3 rings (SSSR count). The van der Waals surface area contributed by atoms with Crippen LogP contribution < -0.4 is 14.4 Å². The van der Waals surface area contributed by atoms with Crippen LogP contribution in [0, 0.1) is 0 Å². The third-order valence-electron chi connectivity index (χ3n) is 6.16. The molecule has 0 fully saturated rings. The number of likely N-dealkylation sites (N-methyl/N-ethyl adjacent to an activating group) is 1. The first-order valence-corrected chi connectivity index (χ1v) is 14.1. The van der Waals surface area contributed by atoms with Gasteiger partial charge in [-0.15, -0.1) is 0 Å². The van der Waals surface area contributed by atoms with Crippen molar-refractivity contribution >= 4 is 27.5 Å².